The molecule has 1 N–H and O–H groups in total. The van der Waals surface area contributed by atoms with E-state index in [0.717, 1.165) is 10.7 Å². The molecule has 4 atom stereocenters. The highest BCUT2D eigenvalue weighted by Crippen LogP contribution is 2.44. The van der Waals surface area contributed by atoms with E-state index in [2.05, 4.69) is 40.4 Å². The number of rotatable bonds is 9. The molecule has 0 bridgehead atoms. The van der Waals surface area contributed by atoms with Gasteiger partial charge in [0.2, 0.25) is 12.1 Å². The van der Waals surface area contributed by atoms with E-state index in [9.17, 15) is 14.7 Å². The van der Waals surface area contributed by atoms with Crippen LogP contribution in [0, 0.1) is 5.92 Å². The van der Waals surface area contributed by atoms with Crippen LogP contribution in [-0.4, -0.2) is 63.8 Å². The van der Waals surface area contributed by atoms with Gasteiger partial charge in [-0.15, -0.1) is 11.8 Å². The van der Waals surface area contributed by atoms with Gasteiger partial charge in [-0.05, 0) is 30.8 Å². The molecule has 1 rings (SSSR count). The van der Waals surface area contributed by atoms with E-state index in [1.54, 1.807) is 0 Å². The number of esters is 1. The number of thiocarbonyl (C=S) groups is 1. The normalized spacial score (nSPS) is 21.6. The third-order valence-electron chi connectivity index (χ3n) is 5.24. The van der Waals surface area contributed by atoms with E-state index in [4.69, 9.17) is 33.0 Å². The van der Waals surface area contributed by atoms with E-state index < -0.39 is 31.8 Å². The van der Waals surface area contributed by atoms with Gasteiger partial charge in [-0.3, -0.25) is 9.69 Å². The number of likely N-dealkylation sites (tertiary alicyclic amines) is 1. The fraction of sp³-hybridized carbons (Fsp3) is 0.737. The molecule has 2 unspecified atom stereocenters. The van der Waals surface area contributed by atoms with Crippen LogP contribution < -0.4 is 0 Å². The molecular formula is C19H32ClNO5S3Si. The molecule has 1 aliphatic rings. The highest BCUT2D eigenvalue weighted by Gasteiger charge is 2.56. The molecule has 0 spiro atoms. The largest absolute Gasteiger partial charge is 0.457 e. The molecule has 0 saturated carbocycles. The molecular weight excluding hydrogens is 482 g/mol. The van der Waals surface area contributed by atoms with Gasteiger partial charge in [-0.1, -0.05) is 69.9 Å². The number of carbonyl (C=O) groups is 2. The third kappa shape index (κ3) is 6.95. The molecule has 0 aromatic carbocycles. The summed E-state index contributed by atoms with van der Waals surface area (Å²) in [6, 6.07) is 0. The zero-order valence-electron chi connectivity index (χ0n) is 18.6. The van der Waals surface area contributed by atoms with Gasteiger partial charge in [0.05, 0.1) is 12.0 Å². The first-order valence-corrected chi connectivity index (χ1v) is 15.2. The molecule has 172 valence electrons. The summed E-state index contributed by atoms with van der Waals surface area (Å²) in [6.45, 7) is 17.7. The maximum absolute atomic E-state index is 13.0. The van der Waals surface area contributed by atoms with Gasteiger partial charge in [0.15, 0.2) is 8.32 Å². The summed E-state index contributed by atoms with van der Waals surface area (Å²) in [7, 11) is -2.12. The smallest absolute Gasteiger partial charge is 0.356 e. The molecule has 30 heavy (non-hydrogen) atoms. The number of hydrogen-bond acceptors (Lipinski definition) is 8. The quantitative estimate of drug-likeness (QED) is 0.208. The molecule has 1 fully saturated rings. The summed E-state index contributed by atoms with van der Waals surface area (Å²) in [5.41, 5.74) is 0. The zero-order valence-corrected chi connectivity index (χ0v) is 22.8. The van der Waals surface area contributed by atoms with Gasteiger partial charge in [0.1, 0.15) is 15.5 Å². The number of carbonyl (C=O) groups excluding carboxylic acids is 2. The van der Waals surface area contributed by atoms with Crippen molar-refractivity contribution in [2.45, 2.75) is 70.5 Å². The van der Waals surface area contributed by atoms with Crippen molar-refractivity contribution in [1.29, 1.82) is 0 Å². The first-order chi connectivity index (χ1) is 13.6. The van der Waals surface area contributed by atoms with Crippen LogP contribution in [0.25, 0.3) is 0 Å². The van der Waals surface area contributed by atoms with Gasteiger partial charge in [0.25, 0.3) is 0 Å². The fourth-order valence-electron chi connectivity index (χ4n) is 2.64. The number of aliphatic hydroxyl groups excluding tert-OH is 1. The average molecular weight is 514 g/mol. The molecule has 1 amide bonds. The van der Waals surface area contributed by atoms with Crippen molar-refractivity contribution < 1.29 is 23.9 Å². The lowest BCUT2D eigenvalue weighted by atomic mass is 9.92. The number of halogens is 1. The van der Waals surface area contributed by atoms with Crippen LogP contribution in [-0.2, 0) is 18.8 Å². The summed E-state index contributed by atoms with van der Waals surface area (Å²) < 4.78 is 12.0. The number of amides is 1. The van der Waals surface area contributed by atoms with Crippen LogP contribution in [0.5, 0.6) is 0 Å². The topological polar surface area (TPSA) is 76.1 Å². The van der Waals surface area contributed by atoms with E-state index >= 15 is 0 Å². The predicted octanol–water partition coefficient (Wildman–Crippen LogP) is 4.57. The number of thioether (sulfide) groups is 2. The van der Waals surface area contributed by atoms with Crippen molar-refractivity contribution in [3.05, 3.63) is 11.6 Å². The number of aliphatic hydroxyl groups is 1. The monoisotopic (exact) mass is 513 g/mol. The Kier molecular flexibility index (Phi) is 10.4. The molecule has 1 saturated heterocycles. The number of hydrogen-bond donors (Lipinski definition) is 1. The van der Waals surface area contributed by atoms with Crippen molar-refractivity contribution in [3.8, 4) is 0 Å². The number of nitrogens with zero attached hydrogens (tertiary/aromatic N) is 1. The zero-order chi connectivity index (χ0) is 23.4. The van der Waals surface area contributed by atoms with E-state index in [1.165, 1.54) is 23.5 Å². The first kappa shape index (κ1) is 27.9. The highest BCUT2D eigenvalue weighted by atomic mass is 35.5. The SMILES string of the molecule is C=C(Cl)COC(=O)C(O)N1C(=O)[C@H](C(C)O[Si](C)(C)C(C)(C)C)[C@H]1SC(=S)SCC. The van der Waals surface area contributed by atoms with Gasteiger partial charge >= 0.3 is 5.97 Å². The average Bonchev–Trinajstić information content (AvgIpc) is 2.57. The van der Waals surface area contributed by atoms with Crippen LogP contribution in [0.3, 0.4) is 0 Å². The standard InChI is InChI=1S/C19H32ClNO5S3Si/c1-9-28-18(27)29-16-13(12(3)26-30(7,8)19(4,5)6)14(22)21(16)15(23)17(24)25-10-11(2)20/h12-13,15-16,23H,2,9-10H2,1,3-8H3/t12?,13-,15?,16+/m0/s1. The Bertz CT molecular complexity index is 686. The summed E-state index contributed by atoms with van der Waals surface area (Å²) in [5, 5.41) is 10.0. The molecule has 0 aliphatic carbocycles. The minimum Gasteiger partial charge on any atom is -0.457 e. The van der Waals surface area contributed by atoms with Gasteiger partial charge in [0, 0.05) is 5.03 Å². The third-order valence-corrected chi connectivity index (χ3v) is 12.7. The van der Waals surface area contributed by atoms with Crippen LogP contribution in [0.4, 0.5) is 0 Å². The Labute approximate surface area is 199 Å². The second-order valence-electron chi connectivity index (χ2n) is 8.54. The van der Waals surface area contributed by atoms with Crippen LogP contribution in [0.2, 0.25) is 18.1 Å². The van der Waals surface area contributed by atoms with Crippen molar-refractivity contribution >= 4 is 71.1 Å². The van der Waals surface area contributed by atoms with E-state index in [1.807, 2.05) is 13.8 Å². The lowest BCUT2D eigenvalue weighted by Crippen LogP contribution is -2.68. The predicted molar refractivity (Wildman–Crippen MR) is 132 cm³/mol. The van der Waals surface area contributed by atoms with Gasteiger partial charge < -0.3 is 14.3 Å². The van der Waals surface area contributed by atoms with Crippen molar-refractivity contribution in [3.63, 3.8) is 0 Å². The van der Waals surface area contributed by atoms with Crippen LogP contribution in [0.15, 0.2) is 11.6 Å². The van der Waals surface area contributed by atoms with Crippen molar-refractivity contribution in [2.75, 3.05) is 12.4 Å². The maximum atomic E-state index is 13.0. The lowest BCUT2D eigenvalue weighted by Gasteiger charge is -2.51. The van der Waals surface area contributed by atoms with Crippen LogP contribution >= 0.6 is 47.3 Å². The first-order valence-electron chi connectivity index (χ1n) is 9.65. The van der Waals surface area contributed by atoms with E-state index in [-0.39, 0.29) is 28.7 Å². The second kappa shape index (κ2) is 11.2. The minimum absolute atomic E-state index is 0.0168. The van der Waals surface area contributed by atoms with Crippen LogP contribution in [0.1, 0.15) is 34.6 Å². The Morgan fingerprint density at radius 1 is 1.43 bits per heavy atom. The highest BCUT2D eigenvalue weighted by molar-refractivity contribution is 8.47. The molecule has 1 heterocycles. The second-order valence-corrected chi connectivity index (χ2v) is 17.4. The maximum Gasteiger partial charge on any atom is 0.356 e. The molecule has 11 heteroatoms. The van der Waals surface area contributed by atoms with Crippen molar-refractivity contribution in [2.24, 2.45) is 5.92 Å². The molecule has 0 aromatic heterocycles. The Hall–Kier alpha value is -0.103. The molecule has 0 radical (unpaired) electrons. The lowest BCUT2D eigenvalue weighted by molar-refractivity contribution is -0.188. The summed E-state index contributed by atoms with van der Waals surface area (Å²) in [5.74, 6) is -1.06. The Morgan fingerprint density at radius 3 is 2.47 bits per heavy atom. The van der Waals surface area contributed by atoms with Gasteiger partial charge in [-0.25, -0.2) is 4.79 Å². The summed E-state index contributed by atoms with van der Waals surface area (Å²) >= 11 is 13.8. The van der Waals surface area contributed by atoms with Gasteiger partial charge in [-0.2, -0.15) is 0 Å². The fourth-order valence-corrected chi connectivity index (χ4v) is 6.94. The van der Waals surface area contributed by atoms with Crippen molar-refractivity contribution in [1.82, 2.24) is 4.90 Å². The Morgan fingerprint density at radius 2 is 2.00 bits per heavy atom. The molecule has 0 aromatic rings. The summed E-state index contributed by atoms with van der Waals surface area (Å²) in [4.78, 5) is 26.3. The number of ether oxygens (including phenoxy) is 1. The summed E-state index contributed by atoms with van der Waals surface area (Å²) in [6.07, 6.45) is -2.12. The number of β-lactam (4-membered cyclic amide) rings is 1. The Balaban J connectivity index is 3.04. The molecule has 6 nitrogen and oxygen atoms in total. The van der Waals surface area contributed by atoms with E-state index in [0.29, 0.717) is 3.53 Å². The minimum atomic E-state index is -2.12. The molecule has 1 aliphatic heterocycles.